The van der Waals surface area contributed by atoms with Crippen molar-refractivity contribution in [2.75, 3.05) is 0 Å². The molecule has 0 radical (unpaired) electrons. The minimum Gasteiger partial charge on any atom is -0.436 e. The number of aromatic nitrogens is 1. The van der Waals surface area contributed by atoms with Crippen LogP contribution < -0.4 is 0 Å². The Morgan fingerprint density at radius 2 is 1.95 bits per heavy atom. The first kappa shape index (κ1) is 12.7. The quantitative estimate of drug-likeness (QED) is 0.584. The first-order valence-electron chi connectivity index (χ1n) is 5.88. The molecule has 2 nitrogen and oxygen atoms in total. The molecule has 2 aromatic carbocycles. The number of hydrogen-bond donors (Lipinski definition) is 0. The Balaban J connectivity index is 2.23. The fourth-order valence-electron chi connectivity index (χ4n) is 2.15. The molecule has 1 aromatic heterocycles. The average Bonchev–Trinajstić information content (AvgIpc) is 2.72. The van der Waals surface area contributed by atoms with Crippen LogP contribution in [0, 0.1) is 13.8 Å². The van der Waals surface area contributed by atoms with Crippen molar-refractivity contribution >= 4 is 38.6 Å². The van der Waals surface area contributed by atoms with E-state index in [2.05, 4.69) is 33.9 Å². The van der Waals surface area contributed by atoms with Gasteiger partial charge in [-0.3, -0.25) is 0 Å². The molecule has 0 unspecified atom stereocenters. The van der Waals surface area contributed by atoms with Gasteiger partial charge in [-0.05, 0) is 65.2 Å². The topological polar surface area (TPSA) is 26.0 Å². The number of rotatable bonds is 1. The van der Waals surface area contributed by atoms with E-state index < -0.39 is 0 Å². The number of benzene rings is 2. The van der Waals surface area contributed by atoms with Gasteiger partial charge < -0.3 is 4.42 Å². The van der Waals surface area contributed by atoms with Crippen LogP contribution in [0.1, 0.15) is 11.1 Å². The normalized spacial score (nSPS) is 11.2. The van der Waals surface area contributed by atoms with Crippen molar-refractivity contribution in [1.82, 2.24) is 4.98 Å². The predicted octanol–water partition coefficient (Wildman–Crippen LogP) is 5.53. The smallest absolute Gasteiger partial charge is 0.228 e. The molecular formula is C15H11BrClNO. The molecule has 0 atom stereocenters. The van der Waals surface area contributed by atoms with E-state index in [0.717, 1.165) is 26.7 Å². The molecule has 0 spiro atoms. The molecule has 4 heteroatoms. The highest BCUT2D eigenvalue weighted by Crippen LogP contribution is 2.33. The number of oxazole rings is 1. The third-order valence-corrected chi connectivity index (χ3v) is 3.87. The molecule has 0 N–H and O–H groups in total. The summed E-state index contributed by atoms with van der Waals surface area (Å²) in [4.78, 5) is 4.56. The van der Waals surface area contributed by atoms with Gasteiger partial charge in [-0.2, -0.15) is 0 Å². The monoisotopic (exact) mass is 335 g/mol. The van der Waals surface area contributed by atoms with Gasteiger partial charge in [0.25, 0.3) is 0 Å². The van der Waals surface area contributed by atoms with Crippen molar-refractivity contribution in [3.05, 3.63) is 51.0 Å². The molecule has 0 bridgehead atoms. The van der Waals surface area contributed by atoms with Crippen molar-refractivity contribution in [2.45, 2.75) is 13.8 Å². The summed E-state index contributed by atoms with van der Waals surface area (Å²) < 4.78 is 6.75. The number of fused-ring (bicyclic) bond motifs is 1. The van der Waals surface area contributed by atoms with Crippen molar-refractivity contribution < 1.29 is 4.42 Å². The predicted molar refractivity (Wildman–Crippen MR) is 81.6 cm³/mol. The Morgan fingerprint density at radius 3 is 2.68 bits per heavy atom. The summed E-state index contributed by atoms with van der Waals surface area (Å²) in [7, 11) is 0. The summed E-state index contributed by atoms with van der Waals surface area (Å²) in [5.74, 6) is 0.604. The van der Waals surface area contributed by atoms with Crippen LogP contribution in [0.25, 0.3) is 22.6 Å². The number of nitrogens with zero attached hydrogens (tertiary/aromatic N) is 1. The van der Waals surface area contributed by atoms with Crippen molar-refractivity contribution in [1.29, 1.82) is 0 Å². The molecule has 0 fully saturated rings. The zero-order valence-corrected chi connectivity index (χ0v) is 12.8. The highest BCUT2D eigenvalue weighted by molar-refractivity contribution is 9.10. The van der Waals surface area contributed by atoms with Crippen molar-refractivity contribution in [3.8, 4) is 11.5 Å². The van der Waals surface area contributed by atoms with Crippen LogP contribution in [0.4, 0.5) is 0 Å². The van der Waals surface area contributed by atoms with Crippen LogP contribution in [0.5, 0.6) is 0 Å². The van der Waals surface area contributed by atoms with Gasteiger partial charge in [0, 0.05) is 9.50 Å². The number of aryl methyl sites for hydroxylation is 2. The summed E-state index contributed by atoms with van der Waals surface area (Å²) in [6, 6.07) is 9.69. The van der Waals surface area contributed by atoms with Gasteiger partial charge in [0.15, 0.2) is 5.58 Å². The molecule has 96 valence electrons. The highest BCUT2D eigenvalue weighted by atomic mass is 79.9. The van der Waals surface area contributed by atoms with E-state index in [9.17, 15) is 0 Å². The Kier molecular flexibility index (Phi) is 3.11. The molecule has 1 heterocycles. The Morgan fingerprint density at radius 1 is 1.16 bits per heavy atom. The molecule has 0 saturated carbocycles. The maximum atomic E-state index is 5.95. The lowest BCUT2D eigenvalue weighted by atomic mass is 10.1. The molecule has 0 aliphatic rings. The SMILES string of the molecule is Cc1cc(C)c2oc(-c3ccc(Cl)cc3Br)nc2c1. The maximum Gasteiger partial charge on any atom is 0.228 e. The minimum absolute atomic E-state index is 0.604. The van der Waals surface area contributed by atoms with E-state index in [0.29, 0.717) is 10.9 Å². The summed E-state index contributed by atoms with van der Waals surface area (Å²) in [6.45, 7) is 4.08. The van der Waals surface area contributed by atoms with E-state index in [1.807, 2.05) is 31.2 Å². The second kappa shape index (κ2) is 4.66. The van der Waals surface area contributed by atoms with Crippen LogP contribution in [-0.4, -0.2) is 4.98 Å². The molecular weight excluding hydrogens is 326 g/mol. The summed E-state index contributed by atoms with van der Waals surface area (Å²) in [5.41, 5.74) is 4.90. The third-order valence-electron chi connectivity index (χ3n) is 2.98. The van der Waals surface area contributed by atoms with Gasteiger partial charge in [0.05, 0.1) is 5.56 Å². The second-order valence-electron chi connectivity index (χ2n) is 4.57. The fourth-order valence-corrected chi connectivity index (χ4v) is 3.01. The summed E-state index contributed by atoms with van der Waals surface area (Å²) >= 11 is 9.44. The van der Waals surface area contributed by atoms with Crippen LogP contribution in [0.15, 0.2) is 39.2 Å². The Bertz CT molecular complexity index is 779. The summed E-state index contributed by atoms with van der Waals surface area (Å²) in [6.07, 6.45) is 0. The van der Waals surface area contributed by atoms with E-state index in [1.165, 1.54) is 5.56 Å². The number of halogens is 2. The van der Waals surface area contributed by atoms with Gasteiger partial charge in [0.2, 0.25) is 5.89 Å². The van der Waals surface area contributed by atoms with Gasteiger partial charge in [-0.15, -0.1) is 0 Å². The Hall–Kier alpha value is -1.32. The standard InChI is InChI=1S/C15H11BrClNO/c1-8-5-9(2)14-13(6-8)18-15(19-14)11-4-3-10(17)7-12(11)16/h3-7H,1-2H3. The average molecular weight is 337 g/mol. The van der Waals surface area contributed by atoms with Crippen LogP contribution in [0.2, 0.25) is 5.02 Å². The first-order valence-corrected chi connectivity index (χ1v) is 7.05. The lowest BCUT2D eigenvalue weighted by Gasteiger charge is -1.99. The first-order chi connectivity index (χ1) is 9.04. The zero-order chi connectivity index (χ0) is 13.6. The van der Waals surface area contributed by atoms with E-state index >= 15 is 0 Å². The van der Waals surface area contributed by atoms with E-state index in [4.69, 9.17) is 16.0 Å². The van der Waals surface area contributed by atoms with Crippen molar-refractivity contribution in [3.63, 3.8) is 0 Å². The Labute approximate surface area is 124 Å². The fraction of sp³-hybridized carbons (Fsp3) is 0.133. The molecule has 0 aliphatic carbocycles. The largest absolute Gasteiger partial charge is 0.436 e. The zero-order valence-electron chi connectivity index (χ0n) is 10.5. The second-order valence-corrected chi connectivity index (χ2v) is 5.86. The number of hydrogen-bond acceptors (Lipinski definition) is 2. The van der Waals surface area contributed by atoms with Crippen molar-refractivity contribution in [2.24, 2.45) is 0 Å². The molecule has 0 amide bonds. The maximum absolute atomic E-state index is 5.95. The van der Waals surface area contributed by atoms with Crippen LogP contribution in [-0.2, 0) is 0 Å². The minimum atomic E-state index is 0.604. The van der Waals surface area contributed by atoms with Gasteiger partial charge in [0.1, 0.15) is 5.52 Å². The van der Waals surface area contributed by atoms with Gasteiger partial charge >= 0.3 is 0 Å². The van der Waals surface area contributed by atoms with Gasteiger partial charge in [-0.25, -0.2) is 4.98 Å². The van der Waals surface area contributed by atoms with Gasteiger partial charge in [-0.1, -0.05) is 17.7 Å². The molecule has 0 saturated heterocycles. The molecule has 0 aliphatic heterocycles. The lowest BCUT2D eigenvalue weighted by molar-refractivity contribution is 0.617. The highest BCUT2D eigenvalue weighted by Gasteiger charge is 2.13. The van der Waals surface area contributed by atoms with E-state index in [1.54, 1.807) is 0 Å². The van der Waals surface area contributed by atoms with Crippen LogP contribution in [0.3, 0.4) is 0 Å². The van der Waals surface area contributed by atoms with Crippen LogP contribution >= 0.6 is 27.5 Å². The molecule has 19 heavy (non-hydrogen) atoms. The molecule has 3 rings (SSSR count). The lowest BCUT2D eigenvalue weighted by Crippen LogP contribution is -1.79. The molecule has 3 aromatic rings. The third kappa shape index (κ3) is 2.28. The van der Waals surface area contributed by atoms with E-state index in [-0.39, 0.29) is 0 Å². The summed E-state index contributed by atoms with van der Waals surface area (Å²) in [5, 5.41) is 0.679.